The van der Waals surface area contributed by atoms with Crippen molar-refractivity contribution in [3.63, 3.8) is 0 Å². The highest BCUT2D eigenvalue weighted by molar-refractivity contribution is 5.85. The number of anilines is 1. The SMILES string of the molecule is CC(C)c1cn(C(C)C)c2cc(N)[nH]c(=O)c12. The molecular formula is C13H19N3O. The molecule has 0 atom stereocenters. The van der Waals surface area contributed by atoms with Gasteiger partial charge < -0.3 is 15.3 Å². The van der Waals surface area contributed by atoms with Gasteiger partial charge in [0.05, 0.1) is 10.9 Å². The maximum atomic E-state index is 12.0. The number of hydrogen-bond acceptors (Lipinski definition) is 2. The average molecular weight is 233 g/mol. The Morgan fingerprint density at radius 1 is 1.29 bits per heavy atom. The van der Waals surface area contributed by atoms with E-state index in [0.717, 1.165) is 16.5 Å². The van der Waals surface area contributed by atoms with E-state index >= 15 is 0 Å². The number of rotatable bonds is 2. The minimum absolute atomic E-state index is 0.0944. The Hall–Kier alpha value is -1.71. The molecule has 0 spiro atoms. The normalized spacial score (nSPS) is 11.9. The topological polar surface area (TPSA) is 63.8 Å². The monoisotopic (exact) mass is 233 g/mol. The molecule has 0 amide bonds. The Balaban J connectivity index is 2.91. The van der Waals surface area contributed by atoms with Crippen LogP contribution in [0.25, 0.3) is 10.9 Å². The van der Waals surface area contributed by atoms with E-state index in [1.165, 1.54) is 0 Å². The number of nitrogens with zero attached hydrogens (tertiary/aromatic N) is 1. The lowest BCUT2D eigenvalue weighted by molar-refractivity contribution is 0.619. The van der Waals surface area contributed by atoms with E-state index in [-0.39, 0.29) is 5.56 Å². The maximum absolute atomic E-state index is 12.0. The van der Waals surface area contributed by atoms with E-state index in [1.807, 2.05) is 6.07 Å². The van der Waals surface area contributed by atoms with E-state index in [1.54, 1.807) is 0 Å². The second kappa shape index (κ2) is 3.95. The smallest absolute Gasteiger partial charge is 0.259 e. The molecule has 0 bridgehead atoms. The molecule has 2 heterocycles. The summed E-state index contributed by atoms with van der Waals surface area (Å²) >= 11 is 0. The molecule has 2 aromatic heterocycles. The molecule has 0 radical (unpaired) electrons. The van der Waals surface area contributed by atoms with Crippen LogP contribution in [0.1, 0.15) is 45.2 Å². The second-order valence-electron chi connectivity index (χ2n) is 5.05. The van der Waals surface area contributed by atoms with Crippen LogP contribution in [0.3, 0.4) is 0 Å². The summed E-state index contributed by atoms with van der Waals surface area (Å²) in [5.41, 5.74) is 7.62. The largest absolute Gasteiger partial charge is 0.385 e. The fraction of sp³-hybridized carbons (Fsp3) is 0.462. The number of fused-ring (bicyclic) bond motifs is 1. The van der Waals surface area contributed by atoms with E-state index in [2.05, 4.69) is 43.4 Å². The molecule has 3 N–H and O–H groups in total. The van der Waals surface area contributed by atoms with Gasteiger partial charge in [-0.3, -0.25) is 4.79 Å². The van der Waals surface area contributed by atoms with Crippen LogP contribution < -0.4 is 11.3 Å². The quantitative estimate of drug-likeness (QED) is 0.837. The Kier molecular flexibility index (Phi) is 2.73. The van der Waals surface area contributed by atoms with Crippen molar-refractivity contribution in [1.29, 1.82) is 0 Å². The van der Waals surface area contributed by atoms with Gasteiger partial charge in [0.2, 0.25) is 0 Å². The molecule has 0 unspecified atom stereocenters. The summed E-state index contributed by atoms with van der Waals surface area (Å²) in [6.45, 7) is 8.38. The lowest BCUT2D eigenvalue weighted by Gasteiger charge is -2.08. The zero-order valence-electron chi connectivity index (χ0n) is 10.7. The number of aromatic amines is 1. The number of pyridine rings is 1. The number of hydrogen-bond donors (Lipinski definition) is 2. The van der Waals surface area contributed by atoms with Crippen molar-refractivity contribution in [2.75, 3.05) is 5.73 Å². The summed E-state index contributed by atoms with van der Waals surface area (Å²) in [4.78, 5) is 14.7. The fourth-order valence-corrected chi connectivity index (χ4v) is 2.20. The molecule has 0 saturated heterocycles. The molecule has 0 saturated carbocycles. The van der Waals surface area contributed by atoms with Crippen LogP contribution in [-0.2, 0) is 0 Å². The first kappa shape index (κ1) is 11.8. The van der Waals surface area contributed by atoms with Gasteiger partial charge in [-0.05, 0) is 25.3 Å². The van der Waals surface area contributed by atoms with Crippen LogP contribution in [0, 0.1) is 0 Å². The summed E-state index contributed by atoms with van der Waals surface area (Å²) in [7, 11) is 0. The van der Waals surface area contributed by atoms with Crippen LogP contribution in [0.5, 0.6) is 0 Å². The highest BCUT2D eigenvalue weighted by Gasteiger charge is 2.16. The third-order valence-corrected chi connectivity index (χ3v) is 3.06. The van der Waals surface area contributed by atoms with Gasteiger partial charge in [0.15, 0.2) is 0 Å². The van der Waals surface area contributed by atoms with Gasteiger partial charge in [0, 0.05) is 18.3 Å². The Morgan fingerprint density at radius 2 is 1.94 bits per heavy atom. The summed E-state index contributed by atoms with van der Waals surface area (Å²) in [5.74, 6) is 0.736. The summed E-state index contributed by atoms with van der Waals surface area (Å²) in [6.07, 6.45) is 2.06. The lowest BCUT2D eigenvalue weighted by atomic mass is 10.0. The third kappa shape index (κ3) is 1.84. The van der Waals surface area contributed by atoms with Gasteiger partial charge in [0.1, 0.15) is 5.82 Å². The average Bonchev–Trinajstić information content (AvgIpc) is 2.56. The van der Waals surface area contributed by atoms with Crippen molar-refractivity contribution >= 4 is 16.7 Å². The predicted molar refractivity (Wildman–Crippen MR) is 71.4 cm³/mol. The number of nitrogen functional groups attached to an aromatic ring is 1. The van der Waals surface area contributed by atoms with Crippen LogP contribution in [0.2, 0.25) is 0 Å². The van der Waals surface area contributed by atoms with Gasteiger partial charge in [-0.25, -0.2) is 0 Å². The van der Waals surface area contributed by atoms with Crippen molar-refractivity contribution in [2.24, 2.45) is 0 Å². The van der Waals surface area contributed by atoms with Crippen molar-refractivity contribution in [2.45, 2.75) is 39.7 Å². The molecule has 0 fully saturated rings. The zero-order valence-corrected chi connectivity index (χ0v) is 10.7. The van der Waals surface area contributed by atoms with Crippen LogP contribution in [0.15, 0.2) is 17.1 Å². The molecule has 2 rings (SSSR count). The molecule has 17 heavy (non-hydrogen) atoms. The van der Waals surface area contributed by atoms with Crippen LogP contribution >= 0.6 is 0 Å². The first-order valence-electron chi connectivity index (χ1n) is 5.95. The van der Waals surface area contributed by atoms with Gasteiger partial charge in [-0.1, -0.05) is 13.8 Å². The van der Waals surface area contributed by atoms with Gasteiger partial charge >= 0.3 is 0 Å². The summed E-state index contributed by atoms with van der Waals surface area (Å²) in [6, 6.07) is 2.15. The summed E-state index contributed by atoms with van der Waals surface area (Å²) in [5, 5.41) is 0.767. The first-order chi connectivity index (χ1) is 7.91. The lowest BCUT2D eigenvalue weighted by Crippen LogP contribution is -2.10. The molecule has 0 aromatic carbocycles. The number of H-pyrrole nitrogens is 1. The number of aromatic nitrogens is 2. The van der Waals surface area contributed by atoms with Crippen molar-refractivity contribution < 1.29 is 0 Å². The van der Waals surface area contributed by atoms with Crippen LogP contribution in [0.4, 0.5) is 5.82 Å². The van der Waals surface area contributed by atoms with E-state index in [9.17, 15) is 4.79 Å². The molecule has 0 aliphatic rings. The van der Waals surface area contributed by atoms with E-state index in [4.69, 9.17) is 5.73 Å². The predicted octanol–water partition coefficient (Wildman–Crippen LogP) is 2.62. The van der Waals surface area contributed by atoms with Crippen molar-refractivity contribution in [1.82, 2.24) is 9.55 Å². The molecular weight excluding hydrogens is 214 g/mol. The highest BCUT2D eigenvalue weighted by Crippen LogP contribution is 2.27. The maximum Gasteiger partial charge on any atom is 0.259 e. The standard InChI is InChI=1S/C13H19N3O/c1-7(2)9-6-16(8(3)4)10-5-11(14)15-13(17)12(9)10/h5-8H,1-4H3,(H3,14,15,17). The molecule has 0 aliphatic heterocycles. The van der Waals surface area contributed by atoms with Crippen molar-refractivity contribution in [3.8, 4) is 0 Å². The molecule has 0 aliphatic carbocycles. The van der Waals surface area contributed by atoms with Gasteiger partial charge in [-0.2, -0.15) is 0 Å². The minimum atomic E-state index is -0.0944. The second-order valence-corrected chi connectivity index (χ2v) is 5.05. The van der Waals surface area contributed by atoms with Gasteiger partial charge in [0.25, 0.3) is 5.56 Å². The Bertz CT molecular complexity index is 605. The zero-order chi connectivity index (χ0) is 12.7. The Morgan fingerprint density at radius 3 is 2.47 bits per heavy atom. The molecule has 4 heteroatoms. The molecule has 92 valence electrons. The first-order valence-corrected chi connectivity index (χ1v) is 5.95. The minimum Gasteiger partial charge on any atom is -0.385 e. The van der Waals surface area contributed by atoms with Crippen molar-refractivity contribution in [3.05, 3.63) is 28.2 Å². The number of nitrogens with one attached hydrogen (secondary N) is 1. The van der Waals surface area contributed by atoms with E-state index in [0.29, 0.717) is 17.8 Å². The Labute approximate surface area is 100 Å². The van der Waals surface area contributed by atoms with E-state index < -0.39 is 0 Å². The number of nitrogens with two attached hydrogens (primary N) is 1. The molecule has 4 nitrogen and oxygen atoms in total. The fourth-order valence-electron chi connectivity index (χ4n) is 2.20. The van der Waals surface area contributed by atoms with Crippen LogP contribution in [-0.4, -0.2) is 9.55 Å². The molecule has 2 aromatic rings. The highest BCUT2D eigenvalue weighted by atomic mass is 16.1. The third-order valence-electron chi connectivity index (χ3n) is 3.06. The summed E-state index contributed by atoms with van der Waals surface area (Å²) < 4.78 is 2.11. The van der Waals surface area contributed by atoms with Gasteiger partial charge in [-0.15, -0.1) is 0 Å².